The lowest BCUT2D eigenvalue weighted by atomic mass is 9.57. The third kappa shape index (κ3) is 3.89. The van der Waals surface area contributed by atoms with Crippen LogP contribution in [0.1, 0.15) is 59.3 Å². The highest BCUT2D eigenvalue weighted by atomic mass is 16.6. The molecule has 2 aliphatic rings. The molecule has 1 aliphatic heterocycles. The molecule has 21 heavy (non-hydrogen) atoms. The normalized spacial score (nSPS) is 25.1. The fourth-order valence-corrected chi connectivity index (χ4v) is 3.63. The van der Waals surface area contributed by atoms with Gasteiger partial charge in [-0.1, -0.05) is 6.42 Å². The van der Waals surface area contributed by atoms with E-state index in [1.54, 1.807) is 4.90 Å². The molecule has 1 atom stereocenters. The van der Waals surface area contributed by atoms with E-state index in [1.807, 2.05) is 20.8 Å². The molecule has 0 bridgehead atoms. The van der Waals surface area contributed by atoms with Crippen LogP contribution in [-0.4, -0.2) is 40.8 Å². The van der Waals surface area contributed by atoms with E-state index in [4.69, 9.17) is 9.84 Å². The van der Waals surface area contributed by atoms with Gasteiger partial charge in [0.15, 0.2) is 0 Å². The molecule has 0 aromatic rings. The predicted molar refractivity (Wildman–Crippen MR) is 79.1 cm³/mol. The number of carboxylic acids is 1. The number of amides is 1. The molecule has 120 valence electrons. The maximum atomic E-state index is 12.2. The van der Waals surface area contributed by atoms with E-state index in [1.165, 1.54) is 0 Å². The zero-order chi connectivity index (χ0) is 15.7. The van der Waals surface area contributed by atoms with Crippen LogP contribution in [0.15, 0.2) is 0 Å². The van der Waals surface area contributed by atoms with Crippen molar-refractivity contribution in [2.45, 2.75) is 64.9 Å². The molecule has 1 saturated heterocycles. The topological polar surface area (TPSA) is 66.8 Å². The van der Waals surface area contributed by atoms with Gasteiger partial charge in [0.1, 0.15) is 5.60 Å². The smallest absolute Gasteiger partial charge is 0.410 e. The summed E-state index contributed by atoms with van der Waals surface area (Å²) in [6.45, 7) is 6.95. The molecule has 5 heteroatoms. The molecule has 1 heterocycles. The molecule has 1 N–H and O–H groups in total. The lowest BCUT2D eigenvalue weighted by Gasteiger charge is -2.50. The molecule has 1 unspecified atom stereocenters. The number of hydrogen-bond donors (Lipinski definition) is 1. The van der Waals surface area contributed by atoms with Crippen LogP contribution in [-0.2, 0) is 9.53 Å². The number of likely N-dealkylation sites (tertiary alicyclic amines) is 1. The van der Waals surface area contributed by atoms with E-state index in [2.05, 4.69) is 0 Å². The highest BCUT2D eigenvalue weighted by Crippen LogP contribution is 2.52. The van der Waals surface area contributed by atoms with Gasteiger partial charge in [-0.2, -0.15) is 0 Å². The molecule has 2 rings (SSSR count). The van der Waals surface area contributed by atoms with E-state index < -0.39 is 11.6 Å². The van der Waals surface area contributed by atoms with Gasteiger partial charge in [-0.15, -0.1) is 0 Å². The number of carbonyl (C=O) groups excluding carboxylic acids is 1. The third-order valence-corrected chi connectivity index (χ3v) is 4.79. The zero-order valence-electron chi connectivity index (χ0n) is 13.4. The number of piperidine rings is 1. The molecule has 0 radical (unpaired) electrons. The predicted octanol–water partition coefficient (Wildman–Crippen LogP) is 3.28. The summed E-state index contributed by atoms with van der Waals surface area (Å²) in [5.41, 5.74) is -0.578. The second-order valence-corrected chi connectivity index (χ2v) is 7.55. The van der Waals surface area contributed by atoms with Gasteiger partial charge in [0.05, 0.1) is 6.42 Å². The summed E-state index contributed by atoms with van der Waals surface area (Å²) < 4.78 is 5.44. The molecule has 1 amide bonds. The van der Waals surface area contributed by atoms with Crippen molar-refractivity contribution < 1.29 is 19.4 Å². The largest absolute Gasteiger partial charge is 0.481 e. The summed E-state index contributed by atoms with van der Waals surface area (Å²) in [7, 11) is 0. The van der Waals surface area contributed by atoms with Gasteiger partial charge < -0.3 is 14.7 Å². The van der Waals surface area contributed by atoms with Crippen LogP contribution in [0.2, 0.25) is 0 Å². The Morgan fingerprint density at radius 3 is 2.43 bits per heavy atom. The van der Waals surface area contributed by atoms with E-state index >= 15 is 0 Å². The van der Waals surface area contributed by atoms with E-state index in [9.17, 15) is 9.59 Å². The van der Waals surface area contributed by atoms with Gasteiger partial charge in [-0.25, -0.2) is 4.79 Å². The Labute approximate surface area is 126 Å². The van der Waals surface area contributed by atoms with Gasteiger partial charge in [0, 0.05) is 13.1 Å². The van der Waals surface area contributed by atoms with Gasteiger partial charge in [0.2, 0.25) is 0 Å². The number of carboxylic acid groups (broad SMARTS) is 1. The lowest BCUT2D eigenvalue weighted by Crippen LogP contribution is -2.50. The van der Waals surface area contributed by atoms with Crippen LogP contribution in [0.4, 0.5) is 4.79 Å². The van der Waals surface area contributed by atoms with Gasteiger partial charge in [0.25, 0.3) is 0 Å². The Morgan fingerprint density at radius 1 is 1.29 bits per heavy atom. The minimum atomic E-state index is -0.718. The average molecular weight is 297 g/mol. The summed E-state index contributed by atoms with van der Waals surface area (Å²) in [6.07, 6.45) is 4.99. The second-order valence-electron chi connectivity index (χ2n) is 7.55. The van der Waals surface area contributed by atoms with Gasteiger partial charge in [-0.3, -0.25) is 4.79 Å². The Balaban J connectivity index is 2.00. The van der Waals surface area contributed by atoms with E-state index in [0.29, 0.717) is 19.0 Å². The van der Waals surface area contributed by atoms with Crippen molar-refractivity contribution in [1.29, 1.82) is 0 Å². The maximum absolute atomic E-state index is 12.2. The van der Waals surface area contributed by atoms with Crippen LogP contribution < -0.4 is 0 Å². The van der Waals surface area contributed by atoms with Crippen molar-refractivity contribution >= 4 is 12.1 Å². The first-order valence-electron chi connectivity index (χ1n) is 7.92. The number of aliphatic carboxylic acids is 1. The second kappa shape index (κ2) is 5.85. The van der Waals surface area contributed by atoms with E-state index in [-0.39, 0.29) is 17.9 Å². The van der Waals surface area contributed by atoms with Gasteiger partial charge >= 0.3 is 12.1 Å². The Morgan fingerprint density at radius 2 is 1.95 bits per heavy atom. The number of nitrogens with zero attached hydrogens (tertiary/aromatic N) is 1. The lowest BCUT2D eigenvalue weighted by molar-refractivity contribution is -0.144. The van der Waals surface area contributed by atoms with Crippen LogP contribution in [0.5, 0.6) is 0 Å². The number of carbonyl (C=O) groups is 2. The van der Waals surface area contributed by atoms with Crippen molar-refractivity contribution in [2.75, 3.05) is 13.1 Å². The average Bonchev–Trinajstić information content (AvgIpc) is 2.31. The van der Waals surface area contributed by atoms with Crippen LogP contribution >= 0.6 is 0 Å². The molecule has 1 saturated carbocycles. The molecule has 0 aromatic carbocycles. The summed E-state index contributed by atoms with van der Waals surface area (Å²) in [6, 6.07) is 0. The number of ether oxygens (including phenoxy) is 1. The quantitative estimate of drug-likeness (QED) is 0.868. The molecule has 5 nitrogen and oxygen atoms in total. The SMILES string of the molecule is CC(C)(C)OC(=O)N1CCCC(C2(CC(=O)O)CCC2)C1. The summed E-state index contributed by atoms with van der Waals surface area (Å²) in [5, 5.41) is 9.17. The molecule has 0 spiro atoms. The Kier molecular flexibility index (Phi) is 4.49. The standard InChI is InChI=1S/C16H27NO4/c1-15(2,3)21-14(20)17-9-4-6-12(11-17)16(7-5-8-16)10-13(18)19/h12H,4-11H2,1-3H3,(H,18,19). The minimum Gasteiger partial charge on any atom is -0.481 e. The number of rotatable bonds is 3. The third-order valence-electron chi connectivity index (χ3n) is 4.79. The molecular formula is C16H27NO4. The summed E-state index contributed by atoms with van der Waals surface area (Å²) >= 11 is 0. The minimum absolute atomic E-state index is 0.0908. The van der Waals surface area contributed by atoms with E-state index in [0.717, 1.165) is 32.1 Å². The number of hydrogen-bond acceptors (Lipinski definition) is 3. The van der Waals surface area contributed by atoms with Crippen molar-refractivity contribution in [3.63, 3.8) is 0 Å². The highest BCUT2D eigenvalue weighted by Gasteiger charge is 2.47. The highest BCUT2D eigenvalue weighted by molar-refractivity contribution is 5.69. The first-order chi connectivity index (χ1) is 9.72. The van der Waals surface area contributed by atoms with Crippen molar-refractivity contribution in [2.24, 2.45) is 11.3 Å². The monoisotopic (exact) mass is 297 g/mol. The molecule has 0 aromatic heterocycles. The van der Waals surface area contributed by atoms with Crippen molar-refractivity contribution in [3.8, 4) is 0 Å². The molecule has 2 fully saturated rings. The van der Waals surface area contributed by atoms with Crippen LogP contribution in [0.3, 0.4) is 0 Å². The van der Waals surface area contributed by atoms with Gasteiger partial charge in [-0.05, 0) is 57.8 Å². The first kappa shape index (κ1) is 16.1. The maximum Gasteiger partial charge on any atom is 0.410 e. The molecular weight excluding hydrogens is 270 g/mol. The zero-order valence-corrected chi connectivity index (χ0v) is 13.4. The van der Waals surface area contributed by atoms with Crippen molar-refractivity contribution in [1.82, 2.24) is 4.90 Å². The fourth-order valence-electron chi connectivity index (χ4n) is 3.63. The van der Waals surface area contributed by atoms with Crippen LogP contribution in [0.25, 0.3) is 0 Å². The Bertz CT molecular complexity index is 409. The summed E-state index contributed by atoms with van der Waals surface area (Å²) in [4.78, 5) is 25.1. The summed E-state index contributed by atoms with van der Waals surface area (Å²) in [5.74, 6) is -0.423. The van der Waals surface area contributed by atoms with Crippen molar-refractivity contribution in [3.05, 3.63) is 0 Å². The first-order valence-corrected chi connectivity index (χ1v) is 7.92. The Hall–Kier alpha value is -1.26. The fraction of sp³-hybridized carbons (Fsp3) is 0.875. The molecule has 1 aliphatic carbocycles. The van der Waals surface area contributed by atoms with Crippen LogP contribution in [0, 0.1) is 11.3 Å².